The summed E-state index contributed by atoms with van der Waals surface area (Å²) >= 11 is 2.85. The van der Waals surface area contributed by atoms with Crippen LogP contribution in [0.1, 0.15) is 55.3 Å². The number of fused-ring (bicyclic) bond motifs is 1. The second kappa shape index (κ2) is 10.1. The lowest BCUT2D eigenvalue weighted by Crippen LogP contribution is -2.39. The number of ether oxygens (including phenoxy) is 1. The van der Waals surface area contributed by atoms with E-state index < -0.39 is 12.0 Å². The Kier molecular flexibility index (Phi) is 6.84. The van der Waals surface area contributed by atoms with E-state index in [9.17, 15) is 9.59 Å². The van der Waals surface area contributed by atoms with Crippen molar-refractivity contribution in [3.63, 3.8) is 0 Å². The summed E-state index contributed by atoms with van der Waals surface area (Å²) in [6, 6.07) is 21.1. The fourth-order valence-corrected chi connectivity index (χ4v) is 6.20. The fourth-order valence-electron chi connectivity index (χ4n) is 4.33. The summed E-state index contributed by atoms with van der Waals surface area (Å²) in [5, 5.41) is 1.95. The minimum absolute atomic E-state index is 0.0572. The number of aromatic nitrogens is 1. The molecule has 0 fully saturated rings. The van der Waals surface area contributed by atoms with E-state index in [1.807, 2.05) is 73.0 Å². The van der Waals surface area contributed by atoms with Gasteiger partial charge >= 0.3 is 5.97 Å². The zero-order valence-corrected chi connectivity index (χ0v) is 22.9. The molecular weight excluding hydrogens is 500 g/mol. The predicted octanol–water partition coefficient (Wildman–Crippen LogP) is 5.34. The summed E-state index contributed by atoms with van der Waals surface area (Å²) < 4.78 is 7.91. The van der Waals surface area contributed by atoms with Gasteiger partial charge in [0, 0.05) is 4.88 Å². The van der Waals surface area contributed by atoms with Crippen molar-refractivity contribution in [2.24, 2.45) is 4.99 Å². The van der Waals surface area contributed by atoms with Crippen LogP contribution in [-0.4, -0.2) is 10.5 Å². The van der Waals surface area contributed by atoms with Crippen LogP contribution in [-0.2, 0) is 21.6 Å². The first-order valence-corrected chi connectivity index (χ1v) is 13.8. The lowest BCUT2D eigenvalue weighted by molar-refractivity contribution is -0.140. The highest BCUT2D eigenvalue weighted by Crippen LogP contribution is 2.33. The number of rotatable bonds is 5. The van der Waals surface area contributed by atoms with Gasteiger partial charge in [-0.15, -0.1) is 11.3 Å². The van der Waals surface area contributed by atoms with Crippen molar-refractivity contribution in [2.45, 2.75) is 45.8 Å². The number of allylic oxidation sites excluding steroid dienone is 1. The number of nitrogens with zero attached hydrogens (tertiary/aromatic N) is 2. The molecule has 0 radical (unpaired) electrons. The number of thiazole rings is 1. The molecule has 0 aliphatic carbocycles. The number of esters is 1. The van der Waals surface area contributed by atoms with Crippen LogP contribution in [0.4, 0.5) is 0 Å². The quantitative estimate of drug-likeness (QED) is 0.329. The van der Waals surface area contributed by atoms with Crippen molar-refractivity contribution in [1.29, 1.82) is 0 Å². The number of benzene rings is 2. The molecule has 0 amide bonds. The van der Waals surface area contributed by atoms with Gasteiger partial charge in [0.1, 0.15) is 12.6 Å². The third kappa shape index (κ3) is 5.15. The SMILES string of the molecule is CC1=C(C(=O)OCc2ccccc2)C(c2cccs2)n2c(sc(=Cc3ccc(C(C)(C)C)cc3)c2=O)=N1. The first-order valence-electron chi connectivity index (χ1n) is 12.1. The summed E-state index contributed by atoms with van der Waals surface area (Å²) in [4.78, 5) is 33.2. The standard InChI is InChI=1S/C30H28N2O3S2/c1-19-25(28(34)35-18-21-9-6-5-7-10-21)26(23-11-8-16-36-23)32-27(33)24(37-29(32)31-19)17-20-12-14-22(15-13-20)30(2,3)4/h5-17,26H,18H2,1-4H3. The van der Waals surface area contributed by atoms with Crippen molar-refractivity contribution in [1.82, 2.24) is 4.57 Å². The zero-order chi connectivity index (χ0) is 26.2. The van der Waals surface area contributed by atoms with Crippen molar-refractivity contribution >= 4 is 34.7 Å². The molecule has 3 heterocycles. The van der Waals surface area contributed by atoms with Gasteiger partial charge in [0.05, 0.1) is 15.8 Å². The van der Waals surface area contributed by atoms with Gasteiger partial charge < -0.3 is 4.74 Å². The Morgan fingerprint density at radius 3 is 2.43 bits per heavy atom. The molecule has 7 heteroatoms. The largest absolute Gasteiger partial charge is 0.457 e. The molecule has 0 bridgehead atoms. The molecule has 4 aromatic rings. The van der Waals surface area contributed by atoms with Crippen LogP contribution in [0.25, 0.3) is 6.08 Å². The molecule has 0 N–H and O–H groups in total. The topological polar surface area (TPSA) is 60.7 Å². The van der Waals surface area contributed by atoms with Gasteiger partial charge in [0.2, 0.25) is 0 Å². The number of thiophene rings is 1. The molecule has 2 aromatic heterocycles. The molecule has 188 valence electrons. The van der Waals surface area contributed by atoms with E-state index >= 15 is 0 Å². The minimum atomic E-state index is -0.579. The van der Waals surface area contributed by atoms with Crippen LogP contribution in [0.15, 0.2) is 93.2 Å². The lowest BCUT2D eigenvalue weighted by atomic mass is 9.87. The van der Waals surface area contributed by atoms with E-state index in [1.54, 1.807) is 4.57 Å². The Bertz CT molecular complexity index is 1640. The molecule has 0 saturated heterocycles. The molecule has 1 aliphatic heterocycles. The first kappa shape index (κ1) is 25.1. The Morgan fingerprint density at radius 2 is 1.78 bits per heavy atom. The molecule has 5 rings (SSSR count). The normalized spacial score (nSPS) is 15.9. The van der Waals surface area contributed by atoms with E-state index in [-0.39, 0.29) is 17.6 Å². The monoisotopic (exact) mass is 528 g/mol. The second-order valence-electron chi connectivity index (χ2n) is 10.0. The Labute approximate surface area is 223 Å². The molecule has 2 aromatic carbocycles. The van der Waals surface area contributed by atoms with Crippen LogP contribution >= 0.6 is 22.7 Å². The highest BCUT2D eigenvalue weighted by Gasteiger charge is 2.34. The van der Waals surface area contributed by atoms with E-state index in [2.05, 4.69) is 37.9 Å². The van der Waals surface area contributed by atoms with E-state index in [1.165, 1.54) is 28.2 Å². The van der Waals surface area contributed by atoms with Gasteiger partial charge in [-0.2, -0.15) is 0 Å². The maximum Gasteiger partial charge on any atom is 0.338 e. The third-order valence-corrected chi connectivity index (χ3v) is 8.25. The van der Waals surface area contributed by atoms with Crippen LogP contribution in [0.3, 0.4) is 0 Å². The summed E-state index contributed by atoms with van der Waals surface area (Å²) in [5.74, 6) is -0.462. The van der Waals surface area contributed by atoms with Crippen LogP contribution in [0.2, 0.25) is 0 Å². The maximum absolute atomic E-state index is 13.7. The average molecular weight is 529 g/mol. The van der Waals surface area contributed by atoms with Crippen molar-refractivity contribution in [3.05, 3.63) is 125 Å². The first-order chi connectivity index (χ1) is 17.7. The zero-order valence-electron chi connectivity index (χ0n) is 21.2. The Morgan fingerprint density at radius 1 is 1.05 bits per heavy atom. The van der Waals surface area contributed by atoms with Gasteiger partial charge in [-0.3, -0.25) is 9.36 Å². The minimum Gasteiger partial charge on any atom is -0.457 e. The number of carbonyl (C=O) groups excluding carboxylic acids is 1. The lowest BCUT2D eigenvalue weighted by Gasteiger charge is -2.23. The molecule has 37 heavy (non-hydrogen) atoms. The Hall–Kier alpha value is -3.55. The predicted molar refractivity (Wildman–Crippen MR) is 149 cm³/mol. The van der Waals surface area contributed by atoms with Crippen LogP contribution in [0.5, 0.6) is 0 Å². The third-order valence-electron chi connectivity index (χ3n) is 6.34. The van der Waals surface area contributed by atoms with Gasteiger partial charge in [-0.05, 0) is 46.6 Å². The fraction of sp³-hybridized carbons (Fsp3) is 0.233. The van der Waals surface area contributed by atoms with Gasteiger partial charge in [-0.1, -0.05) is 92.8 Å². The summed E-state index contributed by atoms with van der Waals surface area (Å²) in [5.41, 5.74) is 3.94. The second-order valence-corrected chi connectivity index (χ2v) is 12.0. The number of hydrogen-bond donors (Lipinski definition) is 0. The Balaban J connectivity index is 1.55. The summed E-state index contributed by atoms with van der Waals surface area (Å²) in [7, 11) is 0. The van der Waals surface area contributed by atoms with Crippen LogP contribution in [0, 0.1) is 0 Å². The number of hydrogen-bond acceptors (Lipinski definition) is 6. The molecule has 0 saturated carbocycles. The molecule has 5 nitrogen and oxygen atoms in total. The van der Waals surface area contributed by atoms with Crippen molar-refractivity contribution in [2.75, 3.05) is 0 Å². The van der Waals surface area contributed by atoms with E-state index in [4.69, 9.17) is 4.74 Å². The highest BCUT2D eigenvalue weighted by molar-refractivity contribution is 7.10. The van der Waals surface area contributed by atoms with Gasteiger partial charge in [0.15, 0.2) is 4.80 Å². The van der Waals surface area contributed by atoms with Crippen LogP contribution < -0.4 is 14.9 Å². The maximum atomic E-state index is 13.7. The summed E-state index contributed by atoms with van der Waals surface area (Å²) in [6.45, 7) is 8.49. The van der Waals surface area contributed by atoms with Gasteiger partial charge in [0.25, 0.3) is 5.56 Å². The van der Waals surface area contributed by atoms with E-state index in [0.29, 0.717) is 20.6 Å². The molecule has 1 atom stereocenters. The smallest absolute Gasteiger partial charge is 0.338 e. The average Bonchev–Trinajstić information content (AvgIpc) is 3.51. The van der Waals surface area contributed by atoms with Crippen molar-refractivity contribution < 1.29 is 9.53 Å². The van der Waals surface area contributed by atoms with Gasteiger partial charge in [-0.25, -0.2) is 9.79 Å². The molecule has 1 aliphatic rings. The number of carbonyl (C=O) groups is 1. The molecule has 0 spiro atoms. The van der Waals surface area contributed by atoms with Crippen molar-refractivity contribution in [3.8, 4) is 0 Å². The molecular formula is C30H28N2O3S2. The van der Waals surface area contributed by atoms with E-state index in [0.717, 1.165) is 16.0 Å². The molecule has 1 unspecified atom stereocenters. The highest BCUT2D eigenvalue weighted by atomic mass is 32.1. The summed E-state index contributed by atoms with van der Waals surface area (Å²) in [6.07, 6.45) is 1.90.